The molecule has 0 spiro atoms. The molecule has 0 bridgehead atoms. The van der Waals surface area contributed by atoms with Crippen molar-refractivity contribution >= 4 is 22.9 Å². The summed E-state index contributed by atoms with van der Waals surface area (Å²) in [6.07, 6.45) is 0.0575. The van der Waals surface area contributed by atoms with Gasteiger partial charge in [0.2, 0.25) is 11.7 Å². The molecular formula is C25H22N2O6. The second-order valence-electron chi connectivity index (χ2n) is 7.54. The van der Waals surface area contributed by atoms with Gasteiger partial charge in [0.1, 0.15) is 6.61 Å². The van der Waals surface area contributed by atoms with Crippen molar-refractivity contribution < 1.29 is 24.7 Å². The second kappa shape index (κ2) is 9.54. The zero-order chi connectivity index (χ0) is 23.4. The summed E-state index contributed by atoms with van der Waals surface area (Å²) in [5.74, 6) is -1.50. The number of nitro benzene ring substituents is 1. The van der Waals surface area contributed by atoms with Gasteiger partial charge in [-0.25, -0.2) is 0 Å². The van der Waals surface area contributed by atoms with Crippen molar-refractivity contribution in [3.05, 3.63) is 99.6 Å². The Hall–Kier alpha value is -4.17. The van der Waals surface area contributed by atoms with E-state index in [1.807, 2.05) is 60.7 Å². The number of aromatic hydroxyl groups is 1. The smallest absolute Gasteiger partial charge is 0.314 e. The van der Waals surface area contributed by atoms with Crippen molar-refractivity contribution in [1.29, 1.82) is 0 Å². The first-order valence-corrected chi connectivity index (χ1v) is 10.4. The molecule has 1 atom stereocenters. The van der Waals surface area contributed by atoms with E-state index >= 15 is 0 Å². The first-order chi connectivity index (χ1) is 16.0. The minimum absolute atomic E-state index is 0.0575. The Bertz CT molecular complexity index is 1210. The number of aliphatic hydroxyl groups is 1. The molecule has 1 unspecified atom stereocenters. The van der Waals surface area contributed by atoms with Crippen LogP contribution < -0.4 is 10.1 Å². The Morgan fingerprint density at radius 3 is 2.27 bits per heavy atom. The summed E-state index contributed by atoms with van der Waals surface area (Å²) in [5, 5.41) is 34.0. The number of phenolic OH excluding ortho intramolecular Hbond substituents is 1. The van der Waals surface area contributed by atoms with Crippen molar-refractivity contribution in [2.24, 2.45) is 0 Å². The van der Waals surface area contributed by atoms with Crippen LogP contribution in [0.15, 0.2) is 72.8 Å². The lowest BCUT2D eigenvalue weighted by molar-refractivity contribution is -0.386. The van der Waals surface area contributed by atoms with Gasteiger partial charge in [-0.1, -0.05) is 60.7 Å². The predicted octanol–water partition coefficient (Wildman–Crippen LogP) is 3.84. The number of phenols is 1. The molecule has 3 aromatic rings. The van der Waals surface area contributed by atoms with Crippen molar-refractivity contribution in [3.8, 4) is 11.5 Å². The molecule has 1 aliphatic heterocycles. The van der Waals surface area contributed by atoms with E-state index in [9.17, 15) is 20.0 Å². The summed E-state index contributed by atoms with van der Waals surface area (Å²) in [6, 6.07) is 21.6. The molecule has 1 aliphatic rings. The number of nitrogens with zero attached hydrogens (tertiary/aromatic N) is 1. The van der Waals surface area contributed by atoms with Gasteiger partial charge in [0.25, 0.3) is 0 Å². The number of aliphatic hydroxyl groups excluding tert-OH is 1. The van der Waals surface area contributed by atoms with E-state index in [1.165, 1.54) is 12.1 Å². The Balaban J connectivity index is 1.96. The standard InChI is InChI=1S/C25H22N2O6/c28-11-12-33-21-14-18(13-20(25(21)30)27(31)32)19-15-22(29)26-24(17-9-5-2-6-10-17)23(19)16-7-3-1-4-8-16/h1-10,13-14,19,28,30H,11-12,15H2,(H,26,29). The molecule has 3 aromatic carbocycles. The number of hydrogen-bond donors (Lipinski definition) is 3. The van der Waals surface area contributed by atoms with Crippen LogP contribution in [0, 0.1) is 10.1 Å². The number of rotatable bonds is 7. The molecule has 1 amide bonds. The van der Waals surface area contributed by atoms with Crippen LogP contribution in [0.4, 0.5) is 5.69 Å². The minimum atomic E-state index is -0.697. The molecule has 8 nitrogen and oxygen atoms in total. The minimum Gasteiger partial charge on any atom is -0.500 e. The Kier molecular flexibility index (Phi) is 6.37. The fourth-order valence-electron chi connectivity index (χ4n) is 4.02. The first-order valence-electron chi connectivity index (χ1n) is 10.4. The molecule has 168 valence electrons. The number of amides is 1. The Morgan fingerprint density at radius 1 is 1.03 bits per heavy atom. The highest BCUT2D eigenvalue weighted by atomic mass is 16.6. The normalized spacial score (nSPS) is 15.8. The molecular weight excluding hydrogens is 424 g/mol. The number of benzene rings is 3. The number of carbonyl (C=O) groups excluding carboxylic acids is 1. The summed E-state index contributed by atoms with van der Waals surface area (Å²) in [5.41, 5.74) is 3.01. The van der Waals surface area contributed by atoms with Crippen LogP contribution in [0.5, 0.6) is 11.5 Å². The van der Waals surface area contributed by atoms with Crippen molar-refractivity contribution in [1.82, 2.24) is 5.32 Å². The molecule has 4 rings (SSSR count). The molecule has 8 heteroatoms. The third kappa shape index (κ3) is 4.56. The van der Waals surface area contributed by atoms with E-state index in [0.29, 0.717) is 11.3 Å². The topological polar surface area (TPSA) is 122 Å². The second-order valence-corrected chi connectivity index (χ2v) is 7.54. The van der Waals surface area contributed by atoms with E-state index in [0.717, 1.165) is 16.7 Å². The van der Waals surface area contributed by atoms with Crippen LogP contribution in [-0.4, -0.2) is 34.3 Å². The molecule has 0 aromatic heterocycles. The van der Waals surface area contributed by atoms with Crippen LogP contribution in [0.1, 0.15) is 29.0 Å². The van der Waals surface area contributed by atoms with Crippen LogP contribution in [0.3, 0.4) is 0 Å². The third-order valence-corrected chi connectivity index (χ3v) is 5.44. The molecule has 0 radical (unpaired) electrons. The molecule has 0 aliphatic carbocycles. The number of ether oxygens (including phenoxy) is 1. The van der Waals surface area contributed by atoms with Crippen molar-refractivity contribution in [2.45, 2.75) is 12.3 Å². The van der Waals surface area contributed by atoms with Crippen molar-refractivity contribution in [2.75, 3.05) is 13.2 Å². The summed E-state index contributed by atoms with van der Waals surface area (Å²) < 4.78 is 5.37. The van der Waals surface area contributed by atoms with Crippen LogP contribution in [0.2, 0.25) is 0 Å². The van der Waals surface area contributed by atoms with Gasteiger partial charge in [-0.05, 0) is 28.3 Å². The summed E-state index contributed by atoms with van der Waals surface area (Å²) in [4.78, 5) is 23.7. The van der Waals surface area contributed by atoms with E-state index in [1.54, 1.807) is 0 Å². The molecule has 1 heterocycles. The van der Waals surface area contributed by atoms with Gasteiger partial charge in [0.05, 0.1) is 17.2 Å². The van der Waals surface area contributed by atoms with E-state index in [-0.39, 0.29) is 31.3 Å². The summed E-state index contributed by atoms with van der Waals surface area (Å²) in [7, 11) is 0. The lowest BCUT2D eigenvalue weighted by Gasteiger charge is -2.30. The zero-order valence-corrected chi connectivity index (χ0v) is 17.6. The van der Waals surface area contributed by atoms with Crippen LogP contribution in [-0.2, 0) is 4.79 Å². The highest BCUT2D eigenvalue weighted by Crippen LogP contribution is 2.46. The lowest BCUT2D eigenvalue weighted by atomic mass is 9.79. The average molecular weight is 446 g/mol. The van der Waals surface area contributed by atoms with Gasteiger partial charge in [0.15, 0.2) is 5.75 Å². The Morgan fingerprint density at radius 2 is 1.67 bits per heavy atom. The number of nitrogens with one attached hydrogen (secondary N) is 1. The van der Waals surface area contributed by atoms with Crippen molar-refractivity contribution in [3.63, 3.8) is 0 Å². The molecule has 0 saturated carbocycles. The van der Waals surface area contributed by atoms with Crippen LogP contribution in [0.25, 0.3) is 11.3 Å². The maximum atomic E-state index is 12.8. The van der Waals surface area contributed by atoms with Gasteiger partial charge in [0, 0.05) is 18.4 Å². The quantitative estimate of drug-likeness (QED) is 0.374. The van der Waals surface area contributed by atoms with E-state index < -0.39 is 22.3 Å². The van der Waals surface area contributed by atoms with Gasteiger partial charge < -0.3 is 20.3 Å². The highest BCUT2D eigenvalue weighted by Gasteiger charge is 2.33. The number of nitro groups is 1. The van der Waals surface area contributed by atoms with E-state index in [2.05, 4.69) is 5.32 Å². The van der Waals surface area contributed by atoms with Gasteiger partial charge in [-0.2, -0.15) is 0 Å². The average Bonchev–Trinajstić information content (AvgIpc) is 2.83. The molecule has 0 saturated heterocycles. The van der Waals surface area contributed by atoms with Crippen LogP contribution >= 0.6 is 0 Å². The fraction of sp³-hybridized carbons (Fsp3) is 0.160. The zero-order valence-electron chi connectivity index (χ0n) is 17.6. The number of carbonyl (C=O) groups is 1. The first kappa shape index (κ1) is 22.0. The largest absolute Gasteiger partial charge is 0.500 e. The molecule has 33 heavy (non-hydrogen) atoms. The molecule has 3 N–H and O–H groups in total. The highest BCUT2D eigenvalue weighted by molar-refractivity contribution is 6.04. The summed E-state index contributed by atoms with van der Waals surface area (Å²) >= 11 is 0. The fourth-order valence-corrected chi connectivity index (χ4v) is 4.02. The third-order valence-electron chi connectivity index (χ3n) is 5.44. The maximum Gasteiger partial charge on any atom is 0.314 e. The maximum absolute atomic E-state index is 12.8. The monoisotopic (exact) mass is 446 g/mol. The Labute approximate surface area is 189 Å². The number of allylic oxidation sites excluding steroid dienone is 1. The SMILES string of the molecule is O=C1CC(c2cc(OCCO)c(O)c([N+](=O)[O-])c2)C(c2ccccc2)=C(c2ccccc2)N1. The van der Waals surface area contributed by atoms with Gasteiger partial charge >= 0.3 is 5.69 Å². The van der Waals surface area contributed by atoms with Gasteiger partial charge in [-0.15, -0.1) is 0 Å². The predicted molar refractivity (Wildman–Crippen MR) is 123 cm³/mol. The molecule has 0 fully saturated rings. The summed E-state index contributed by atoms with van der Waals surface area (Å²) in [6.45, 7) is -0.466. The van der Waals surface area contributed by atoms with Gasteiger partial charge in [-0.3, -0.25) is 14.9 Å². The lowest BCUT2D eigenvalue weighted by Crippen LogP contribution is -2.31. The van der Waals surface area contributed by atoms with E-state index in [4.69, 9.17) is 9.84 Å². The number of hydrogen-bond acceptors (Lipinski definition) is 6.